The average molecular weight is 314 g/mol. The van der Waals surface area contributed by atoms with Crippen molar-refractivity contribution >= 4 is 26.8 Å². The summed E-state index contributed by atoms with van der Waals surface area (Å²) in [7, 11) is 0. The van der Waals surface area contributed by atoms with Crippen molar-refractivity contribution in [3.63, 3.8) is 0 Å². The molecular weight excluding hydrogens is 302 g/mol. The van der Waals surface area contributed by atoms with Gasteiger partial charge in [0.15, 0.2) is 0 Å². The number of alkyl halides is 1. The second-order valence-electron chi connectivity index (χ2n) is 4.19. The third kappa shape index (κ3) is 2.61. The third-order valence-electron chi connectivity index (χ3n) is 2.86. The first kappa shape index (κ1) is 12.2. The third-order valence-corrected chi connectivity index (χ3v) is 3.47. The standard InChI is InChI=1S/C16H12BrNO/c17-11-13-10-12-6-4-5-9-15(12)18-16(13)19-14-7-2-1-3-8-14/h1-10H,11H2. The molecule has 0 spiro atoms. The summed E-state index contributed by atoms with van der Waals surface area (Å²) in [6.07, 6.45) is 0. The number of benzene rings is 2. The van der Waals surface area contributed by atoms with Crippen LogP contribution in [0.3, 0.4) is 0 Å². The number of ether oxygens (including phenoxy) is 1. The van der Waals surface area contributed by atoms with Crippen molar-refractivity contribution in [3.8, 4) is 11.6 Å². The molecule has 0 bridgehead atoms. The van der Waals surface area contributed by atoms with Gasteiger partial charge < -0.3 is 4.74 Å². The van der Waals surface area contributed by atoms with Gasteiger partial charge >= 0.3 is 0 Å². The molecule has 0 radical (unpaired) electrons. The summed E-state index contributed by atoms with van der Waals surface area (Å²) in [4.78, 5) is 4.59. The monoisotopic (exact) mass is 313 g/mol. The molecule has 1 aromatic heterocycles. The first-order valence-electron chi connectivity index (χ1n) is 6.04. The van der Waals surface area contributed by atoms with Gasteiger partial charge in [0.05, 0.1) is 5.52 Å². The molecular formula is C16H12BrNO. The summed E-state index contributed by atoms with van der Waals surface area (Å²) in [6, 6.07) is 19.9. The fourth-order valence-electron chi connectivity index (χ4n) is 1.93. The van der Waals surface area contributed by atoms with E-state index in [9.17, 15) is 0 Å². The van der Waals surface area contributed by atoms with Crippen LogP contribution in [0.15, 0.2) is 60.7 Å². The molecule has 0 aliphatic rings. The van der Waals surface area contributed by atoms with Gasteiger partial charge in [-0.05, 0) is 24.3 Å². The number of fused-ring (bicyclic) bond motifs is 1. The largest absolute Gasteiger partial charge is 0.439 e. The van der Waals surface area contributed by atoms with Crippen LogP contribution in [0.4, 0.5) is 0 Å². The van der Waals surface area contributed by atoms with Crippen LogP contribution in [0, 0.1) is 0 Å². The van der Waals surface area contributed by atoms with E-state index in [0.29, 0.717) is 11.2 Å². The highest BCUT2D eigenvalue weighted by atomic mass is 79.9. The number of rotatable bonds is 3. The Balaban J connectivity index is 2.06. The lowest BCUT2D eigenvalue weighted by Gasteiger charge is -2.10. The zero-order chi connectivity index (χ0) is 13.1. The molecule has 94 valence electrons. The molecule has 0 fully saturated rings. The predicted octanol–water partition coefficient (Wildman–Crippen LogP) is 4.92. The Morgan fingerprint density at radius 3 is 2.47 bits per heavy atom. The molecule has 19 heavy (non-hydrogen) atoms. The highest BCUT2D eigenvalue weighted by Crippen LogP contribution is 2.28. The van der Waals surface area contributed by atoms with E-state index in [0.717, 1.165) is 22.2 Å². The fourth-order valence-corrected chi connectivity index (χ4v) is 2.33. The molecule has 2 nitrogen and oxygen atoms in total. The van der Waals surface area contributed by atoms with Crippen molar-refractivity contribution in [3.05, 3.63) is 66.2 Å². The molecule has 0 saturated carbocycles. The molecule has 0 aliphatic heterocycles. The Morgan fingerprint density at radius 1 is 0.947 bits per heavy atom. The number of hydrogen-bond donors (Lipinski definition) is 0. The van der Waals surface area contributed by atoms with Gasteiger partial charge in [0.25, 0.3) is 0 Å². The van der Waals surface area contributed by atoms with Crippen LogP contribution in [0.2, 0.25) is 0 Å². The van der Waals surface area contributed by atoms with E-state index in [4.69, 9.17) is 4.74 Å². The molecule has 3 heteroatoms. The van der Waals surface area contributed by atoms with Gasteiger partial charge in [0.1, 0.15) is 5.75 Å². The molecule has 0 N–H and O–H groups in total. The number of nitrogens with zero attached hydrogens (tertiary/aromatic N) is 1. The minimum absolute atomic E-state index is 0.654. The SMILES string of the molecule is BrCc1cc2ccccc2nc1Oc1ccccc1. The molecule has 3 rings (SSSR count). The van der Waals surface area contributed by atoms with Crippen LogP contribution in [-0.2, 0) is 5.33 Å². The van der Waals surface area contributed by atoms with Crippen molar-refractivity contribution < 1.29 is 4.74 Å². The maximum Gasteiger partial charge on any atom is 0.223 e. The first-order chi connectivity index (χ1) is 9.36. The molecule has 2 aromatic carbocycles. The van der Waals surface area contributed by atoms with E-state index in [1.807, 2.05) is 48.5 Å². The lowest BCUT2D eigenvalue weighted by atomic mass is 10.2. The van der Waals surface area contributed by atoms with Gasteiger partial charge in [-0.3, -0.25) is 0 Å². The summed E-state index contributed by atoms with van der Waals surface area (Å²) in [5, 5.41) is 1.84. The summed E-state index contributed by atoms with van der Waals surface area (Å²) < 4.78 is 5.87. The van der Waals surface area contributed by atoms with Crippen LogP contribution in [-0.4, -0.2) is 4.98 Å². The molecule has 0 saturated heterocycles. The summed E-state index contributed by atoms with van der Waals surface area (Å²) >= 11 is 3.49. The topological polar surface area (TPSA) is 22.1 Å². The minimum atomic E-state index is 0.654. The summed E-state index contributed by atoms with van der Waals surface area (Å²) in [6.45, 7) is 0. The number of pyridine rings is 1. The second kappa shape index (κ2) is 5.41. The zero-order valence-electron chi connectivity index (χ0n) is 10.2. The van der Waals surface area contributed by atoms with E-state index in [1.165, 1.54) is 0 Å². The highest BCUT2D eigenvalue weighted by molar-refractivity contribution is 9.08. The molecule has 0 unspecified atom stereocenters. The van der Waals surface area contributed by atoms with Gasteiger partial charge in [0, 0.05) is 16.3 Å². The van der Waals surface area contributed by atoms with Crippen LogP contribution in [0.1, 0.15) is 5.56 Å². The van der Waals surface area contributed by atoms with Crippen molar-refractivity contribution in [2.45, 2.75) is 5.33 Å². The minimum Gasteiger partial charge on any atom is -0.439 e. The van der Waals surface area contributed by atoms with Gasteiger partial charge in [-0.1, -0.05) is 52.3 Å². The average Bonchev–Trinajstić information content (AvgIpc) is 2.47. The zero-order valence-corrected chi connectivity index (χ0v) is 11.8. The smallest absolute Gasteiger partial charge is 0.223 e. The van der Waals surface area contributed by atoms with Gasteiger partial charge in [0.2, 0.25) is 5.88 Å². The normalized spacial score (nSPS) is 10.6. The Morgan fingerprint density at radius 2 is 1.68 bits per heavy atom. The number of halogens is 1. The van der Waals surface area contributed by atoms with Gasteiger partial charge in [-0.15, -0.1) is 0 Å². The maximum atomic E-state index is 5.87. The van der Waals surface area contributed by atoms with Crippen LogP contribution >= 0.6 is 15.9 Å². The summed E-state index contributed by atoms with van der Waals surface area (Å²) in [5.41, 5.74) is 1.99. The second-order valence-corrected chi connectivity index (χ2v) is 4.75. The van der Waals surface area contributed by atoms with Crippen molar-refractivity contribution in [2.24, 2.45) is 0 Å². The van der Waals surface area contributed by atoms with E-state index >= 15 is 0 Å². The summed E-state index contributed by atoms with van der Waals surface area (Å²) in [5.74, 6) is 1.45. The van der Waals surface area contributed by atoms with Crippen molar-refractivity contribution in [2.75, 3.05) is 0 Å². The lowest BCUT2D eigenvalue weighted by Crippen LogP contribution is -1.94. The van der Waals surface area contributed by atoms with Crippen LogP contribution in [0.5, 0.6) is 11.6 Å². The lowest BCUT2D eigenvalue weighted by molar-refractivity contribution is 0.461. The first-order valence-corrected chi connectivity index (χ1v) is 7.16. The molecule has 0 atom stereocenters. The van der Waals surface area contributed by atoms with Crippen molar-refractivity contribution in [1.82, 2.24) is 4.98 Å². The number of aromatic nitrogens is 1. The molecule has 0 aliphatic carbocycles. The fraction of sp³-hybridized carbons (Fsp3) is 0.0625. The van der Waals surface area contributed by atoms with E-state index in [-0.39, 0.29) is 0 Å². The quantitative estimate of drug-likeness (QED) is 0.640. The van der Waals surface area contributed by atoms with Gasteiger partial charge in [-0.25, -0.2) is 4.98 Å². The molecule has 3 aromatic rings. The van der Waals surface area contributed by atoms with E-state index in [1.54, 1.807) is 0 Å². The Bertz CT molecular complexity index is 697. The number of para-hydroxylation sites is 2. The van der Waals surface area contributed by atoms with Crippen molar-refractivity contribution in [1.29, 1.82) is 0 Å². The molecule has 0 amide bonds. The Labute approximate surface area is 120 Å². The van der Waals surface area contributed by atoms with E-state index in [2.05, 4.69) is 33.0 Å². The highest BCUT2D eigenvalue weighted by Gasteiger charge is 2.08. The van der Waals surface area contributed by atoms with Gasteiger partial charge in [-0.2, -0.15) is 0 Å². The van der Waals surface area contributed by atoms with E-state index < -0.39 is 0 Å². The van der Waals surface area contributed by atoms with Crippen LogP contribution in [0.25, 0.3) is 10.9 Å². The Hall–Kier alpha value is -1.87. The Kier molecular flexibility index (Phi) is 3.47. The molecule has 1 heterocycles. The number of hydrogen-bond acceptors (Lipinski definition) is 2. The predicted molar refractivity (Wildman–Crippen MR) is 80.9 cm³/mol. The maximum absolute atomic E-state index is 5.87. The van der Waals surface area contributed by atoms with Crippen LogP contribution < -0.4 is 4.74 Å².